The Kier molecular flexibility index (Phi) is 6.16. The third-order valence-corrected chi connectivity index (χ3v) is 5.80. The van der Waals surface area contributed by atoms with Gasteiger partial charge in [0.25, 0.3) is 0 Å². The molecule has 6 heteroatoms. The molecule has 0 aliphatic heterocycles. The van der Waals surface area contributed by atoms with Crippen molar-refractivity contribution in [2.45, 2.75) is 38.9 Å². The minimum absolute atomic E-state index is 0.00578. The SMILES string of the molecule is Cc1ccsc1CN(Cc1ccccc1)C(=O)CN(C(=O)N(C)C)C1CC1. The summed E-state index contributed by atoms with van der Waals surface area (Å²) in [5.74, 6) is -0.00578. The Balaban J connectivity index is 1.77. The number of rotatable bonds is 7. The highest BCUT2D eigenvalue weighted by Gasteiger charge is 2.35. The molecule has 3 amide bonds. The predicted molar refractivity (Wildman–Crippen MR) is 109 cm³/mol. The molecule has 1 aromatic carbocycles. The Morgan fingerprint density at radius 2 is 1.78 bits per heavy atom. The van der Waals surface area contributed by atoms with Crippen molar-refractivity contribution in [3.63, 3.8) is 0 Å². The van der Waals surface area contributed by atoms with Crippen molar-refractivity contribution >= 4 is 23.3 Å². The van der Waals surface area contributed by atoms with Gasteiger partial charge in [-0.3, -0.25) is 4.79 Å². The number of carbonyl (C=O) groups excluding carboxylic acids is 2. The Hall–Kier alpha value is -2.34. The zero-order valence-electron chi connectivity index (χ0n) is 16.2. The number of hydrogen-bond acceptors (Lipinski definition) is 3. The van der Waals surface area contributed by atoms with E-state index in [-0.39, 0.29) is 24.5 Å². The molecular weight excluding hydrogens is 358 g/mol. The molecule has 144 valence electrons. The fourth-order valence-electron chi connectivity index (χ4n) is 3.02. The van der Waals surface area contributed by atoms with E-state index in [1.807, 2.05) is 35.2 Å². The molecule has 2 aromatic rings. The molecule has 0 bridgehead atoms. The molecule has 1 heterocycles. The lowest BCUT2D eigenvalue weighted by molar-refractivity contribution is -0.133. The Morgan fingerprint density at radius 3 is 2.33 bits per heavy atom. The van der Waals surface area contributed by atoms with Gasteiger partial charge in [-0.25, -0.2) is 4.79 Å². The summed E-state index contributed by atoms with van der Waals surface area (Å²) in [5, 5.41) is 2.06. The lowest BCUT2D eigenvalue weighted by atomic mass is 10.2. The van der Waals surface area contributed by atoms with Crippen molar-refractivity contribution in [1.29, 1.82) is 0 Å². The third kappa shape index (κ3) is 5.10. The van der Waals surface area contributed by atoms with E-state index < -0.39 is 0 Å². The van der Waals surface area contributed by atoms with Gasteiger partial charge in [-0.15, -0.1) is 11.3 Å². The molecule has 0 atom stereocenters. The maximum Gasteiger partial charge on any atom is 0.320 e. The van der Waals surface area contributed by atoms with E-state index >= 15 is 0 Å². The van der Waals surface area contributed by atoms with Crippen molar-refractivity contribution in [3.05, 3.63) is 57.8 Å². The summed E-state index contributed by atoms with van der Waals surface area (Å²) in [6, 6.07) is 12.2. The maximum absolute atomic E-state index is 13.2. The van der Waals surface area contributed by atoms with Gasteiger partial charge in [-0.05, 0) is 42.3 Å². The molecule has 1 aliphatic rings. The summed E-state index contributed by atoms with van der Waals surface area (Å²) in [4.78, 5) is 32.0. The van der Waals surface area contributed by atoms with E-state index in [1.165, 1.54) is 10.4 Å². The van der Waals surface area contributed by atoms with Crippen molar-refractivity contribution < 1.29 is 9.59 Å². The number of urea groups is 1. The third-order valence-electron chi connectivity index (χ3n) is 4.79. The first-order valence-corrected chi connectivity index (χ1v) is 10.2. The quantitative estimate of drug-likeness (QED) is 0.729. The normalized spacial score (nSPS) is 13.3. The zero-order valence-corrected chi connectivity index (χ0v) is 17.0. The van der Waals surface area contributed by atoms with Gasteiger partial charge in [0.15, 0.2) is 0 Å². The molecule has 1 aliphatic carbocycles. The molecule has 1 saturated carbocycles. The van der Waals surface area contributed by atoms with Gasteiger partial charge in [-0.1, -0.05) is 30.3 Å². The van der Waals surface area contributed by atoms with E-state index in [9.17, 15) is 9.59 Å². The average molecular weight is 386 g/mol. The second-order valence-corrected chi connectivity index (χ2v) is 8.30. The van der Waals surface area contributed by atoms with E-state index in [2.05, 4.69) is 18.4 Å². The highest BCUT2D eigenvalue weighted by molar-refractivity contribution is 7.10. The topological polar surface area (TPSA) is 43.9 Å². The van der Waals surface area contributed by atoms with E-state index in [4.69, 9.17) is 0 Å². The summed E-state index contributed by atoms with van der Waals surface area (Å²) >= 11 is 1.67. The van der Waals surface area contributed by atoms with Gasteiger partial charge in [-0.2, -0.15) is 0 Å². The van der Waals surface area contributed by atoms with Crippen molar-refractivity contribution in [3.8, 4) is 0 Å². The minimum atomic E-state index is -0.0854. The molecule has 1 fully saturated rings. The number of amides is 3. The number of hydrogen-bond donors (Lipinski definition) is 0. The predicted octanol–water partition coefficient (Wildman–Crippen LogP) is 3.73. The monoisotopic (exact) mass is 385 g/mol. The highest BCUT2D eigenvalue weighted by Crippen LogP contribution is 2.28. The summed E-state index contributed by atoms with van der Waals surface area (Å²) in [5.41, 5.74) is 2.30. The molecule has 0 spiro atoms. The van der Waals surface area contributed by atoms with Crippen LogP contribution in [0.1, 0.15) is 28.8 Å². The zero-order chi connectivity index (χ0) is 19.4. The number of benzene rings is 1. The number of nitrogens with zero attached hydrogens (tertiary/aromatic N) is 3. The fraction of sp³-hybridized carbons (Fsp3) is 0.429. The van der Waals surface area contributed by atoms with Gasteiger partial charge in [0, 0.05) is 31.6 Å². The number of aryl methyl sites for hydroxylation is 1. The van der Waals surface area contributed by atoms with Crippen LogP contribution in [0.4, 0.5) is 4.79 Å². The van der Waals surface area contributed by atoms with Crippen LogP contribution in [0, 0.1) is 6.92 Å². The van der Waals surface area contributed by atoms with Gasteiger partial charge < -0.3 is 14.7 Å². The summed E-state index contributed by atoms with van der Waals surface area (Å²) < 4.78 is 0. The first-order chi connectivity index (χ1) is 13.0. The lowest BCUT2D eigenvalue weighted by Crippen LogP contribution is -2.47. The van der Waals surface area contributed by atoms with Crippen LogP contribution >= 0.6 is 11.3 Å². The molecule has 0 saturated heterocycles. The van der Waals surface area contributed by atoms with Crippen LogP contribution in [0.5, 0.6) is 0 Å². The number of thiophene rings is 1. The Labute approximate surface area is 165 Å². The van der Waals surface area contributed by atoms with Crippen LogP contribution in [-0.4, -0.2) is 53.3 Å². The van der Waals surface area contributed by atoms with Gasteiger partial charge in [0.2, 0.25) is 5.91 Å². The molecule has 0 unspecified atom stereocenters. The molecule has 0 N–H and O–H groups in total. The molecule has 5 nitrogen and oxygen atoms in total. The van der Waals surface area contributed by atoms with Gasteiger partial charge >= 0.3 is 6.03 Å². The van der Waals surface area contributed by atoms with Crippen LogP contribution in [0.15, 0.2) is 41.8 Å². The van der Waals surface area contributed by atoms with Crippen LogP contribution < -0.4 is 0 Å². The average Bonchev–Trinajstić information content (AvgIpc) is 3.42. The molecule has 0 radical (unpaired) electrons. The van der Waals surface area contributed by atoms with Crippen molar-refractivity contribution in [2.75, 3.05) is 20.6 Å². The fourth-order valence-corrected chi connectivity index (χ4v) is 3.94. The van der Waals surface area contributed by atoms with Gasteiger partial charge in [0.1, 0.15) is 6.54 Å². The standard InChI is InChI=1S/C21H27N3O2S/c1-16-11-12-27-19(16)14-23(13-17-7-5-4-6-8-17)20(25)15-24(18-9-10-18)21(26)22(2)3/h4-8,11-12,18H,9-10,13-15H2,1-3H3. The summed E-state index contributed by atoms with van der Waals surface area (Å²) in [6.45, 7) is 3.33. The van der Waals surface area contributed by atoms with E-state index in [1.54, 1.807) is 35.2 Å². The van der Waals surface area contributed by atoms with Crippen molar-refractivity contribution in [2.24, 2.45) is 0 Å². The summed E-state index contributed by atoms with van der Waals surface area (Å²) in [7, 11) is 3.47. The molecule has 1 aromatic heterocycles. The maximum atomic E-state index is 13.2. The van der Waals surface area contributed by atoms with Crippen LogP contribution in [0.25, 0.3) is 0 Å². The number of carbonyl (C=O) groups is 2. The molecule has 27 heavy (non-hydrogen) atoms. The Morgan fingerprint density at radius 1 is 1.07 bits per heavy atom. The molecular formula is C21H27N3O2S. The first kappa shape index (κ1) is 19.4. The lowest BCUT2D eigenvalue weighted by Gasteiger charge is -2.29. The first-order valence-electron chi connectivity index (χ1n) is 9.28. The molecule has 3 rings (SSSR count). The van der Waals surface area contributed by atoms with Crippen LogP contribution in [-0.2, 0) is 17.9 Å². The van der Waals surface area contributed by atoms with Crippen molar-refractivity contribution in [1.82, 2.24) is 14.7 Å². The smallest absolute Gasteiger partial charge is 0.320 e. The minimum Gasteiger partial charge on any atom is -0.332 e. The second-order valence-electron chi connectivity index (χ2n) is 7.30. The Bertz CT molecular complexity index is 784. The summed E-state index contributed by atoms with van der Waals surface area (Å²) in [6.07, 6.45) is 1.96. The van der Waals surface area contributed by atoms with Crippen LogP contribution in [0.2, 0.25) is 0 Å². The highest BCUT2D eigenvalue weighted by atomic mass is 32.1. The van der Waals surface area contributed by atoms with Gasteiger partial charge in [0.05, 0.1) is 6.54 Å². The largest absolute Gasteiger partial charge is 0.332 e. The second kappa shape index (κ2) is 8.57. The van der Waals surface area contributed by atoms with E-state index in [0.29, 0.717) is 13.1 Å². The van der Waals surface area contributed by atoms with E-state index in [0.717, 1.165) is 18.4 Å². The van der Waals surface area contributed by atoms with Crippen LogP contribution in [0.3, 0.4) is 0 Å².